The van der Waals surface area contributed by atoms with Gasteiger partial charge in [0.1, 0.15) is 5.58 Å². The van der Waals surface area contributed by atoms with Gasteiger partial charge in [0, 0.05) is 49.1 Å². The first kappa shape index (κ1) is 39.7. The van der Waals surface area contributed by atoms with Crippen LogP contribution in [0.5, 0.6) is 0 Å². The van der Waals surface area contributed by atoms with Crippen LogP contribution >= 0.6 is 0 Å². The summed E-state index contributed by atoms with van der Waals surface area (Å²) in [6.45, 7) is 13.4. The fourth-order valence-electron chi connectivity index (χ4n) is 8.64. The van der Waals surface area contributed by atoms with E-state index in [0.29, 0.717) is 22.1 Å². The number of aromatic nitrogens is 2. The summed E-state index contributed by atoms with van der Waals surface area (Å²) in [6, 6.07) is 54.3. The molecule has 0 N–H and O–H groups in total. The van der Waals surface area contributed by atoms with Crippen LogP contribution < -0.4 is 5.19 Å². The SMILES string of the molecule is [2H]C([2H])([2H])c1cc([CH2-])c(-c2ccc([Si](C)(C)C)cn2)cc1-c1ccccc1.[2H]C1(c2ccc(-c3ccnc(-c4[c-]ccc5c4oc4cc(-c6ccccc6)ccc45)c3)cc2)CCC(C)(C)CC1.[Ir]. The van der Waals surface area contributed by atoms with E-state index in [1.54, 1.807) is 6.07 Å². The molecule has 0 amide bonds. The van der Waals surface area contributed by atoms with Gasteiger partial charge >= 0.3 is 0 Å². The summed E-state index contributed by atoms with van der Waals surface area (Å²) in [7, 11) is -1.42. The number of pyridine rings is 2. The minimum atomic E-state index is -2.20. The second kappa shape index (κ2) is 18.7. The van der Waals surface area contributed by atoms with Crippen molar-refractivity contribution in [2.45, 2.75) is 71.9 Å². The molecule has 3 nitrogen and oxygen atoms in total. The average Bonchev–Trinajstić information content (AvgIpc) is 3.71. The van der Waals surface area contributed by atoms with Crippen LogP contribution in [0.3, 0.4) is 0 Å². The Kier molecular flexibility index (Phi) is 11.6. The molecule has 10 rings (SSSR count). The Labute approximate surface area is 400 Å². The van der Waals surface area contributed by atoms with Crippen LogP contribution in [0.15, 0.2) is 168 Å². The Morgan fingerprint density at radius 3 is 2.03 bits per heavy atom. The Bertz CT molecular complexity index is 3190. The molecule has 0 aliphatic heterocycles. The molecule has 6 aromatic carbocycles. The second-order valence-corrected chi connectivity index (χ2v) is 23.7. The minimum absolute atomic E-state index is 0. The molecule has 0 spiro atoms. The fourth-order valence-corrected chi connectivity index (χ4v) is 9.68. The fraction of sp³-hybridized carbons (Fsp3) is 0.203. The van der Waals surface area contributed by atoms with Crippen molar-refractivity contribution in [2.24, 2.45) is 5.41 Å². The van der Waals surface area contributed by atoms with E-state index in [0.717, 1.165) is 98.0 Å². The third-order valence-electron chi connectivity index (χ3n) is 12.6. The molecule has 0 saturated heterocycles. The smallest absolute Gasteiger partial charge is 0.121 e. The zero-order chi connectivity index (χ0) is 47.1. The van der Waals surface area contributed by atoms with Crippen molar-refractivity contribution in [2.75, 3.05) is 0 Å². The van der Waals surface area contributed by atoms with Gasteiger partial charge in [0.15, 0.2) is 0 Å². The molecule has 1 aliphatic rings. The molecular formula is C59H56IrN2OSi-2. The van der Waals surface area contributed by atoms with Gasteiger partial charge in [-0.25, -0.2) is 0 Å². The summed E-state index contributed by atoms with van der Waals surface area (Å²) in [5.74, 6) is -0.482. The number of rotatable bonds is 7. The van der Waals surface area contributed by atoms with Crippen LogP contribution in [0, 0.1) is 25.3 Å². The third-order valence-corrected chi connectivity index (χ3v) is 14.7. The topological polar surface area (TPSA) is 38.9 Å². The Hall–Kier alpha value is -5.84. The maximum Gasteiger partial charge on any atom is 0.121 e. The Balaban J connectivity index is 0.000000196. The van der Waals surface area contributed by atoms with Crippen molar-refractivity contribution in [3.63, 3.8) is 0 Å². The number of fused-ring (bicyclic) bond motifs is 3. The Morgan fingerprint density at radius 1 is 0.688 bits per heavy atom. The van der Waals surface area contributed by atoms with Crippen LogP contribution in [0.25, 0.3) is 77.8 Å². The van der Waals surface area contributed by atoms with Crippen molar-refractivity contribution in [3.05, 3.63) is 194 Å². The predicted octanol–water partition coefficient (Wildman–Crippen LogP) is 15.9. The molecule has 1 fully saturated rings. The average molecular weight is 1030 g/mol. The van der Waals surface area contributed by atoms with Gasteiger partial charge in [0.25, 0.3) is 0 Å². The molecule has 3 aromatic heterocycles. The maximum atomic E-state index is 9.12. The molecule has 1 saturated carbocycles. The van der Waals surface area contributed by atoms with Crippen molar-refractivity contribution in [1.29, 1.82) is 0 Å². The van der Waals surface area contributed by atoms with Gasteiger partial charge in [-0.15, -0.1) is 29.8 Å². The van der Waals surface area contributed by atoms with E-state index >= 15 is 0 Å². The second-order valence-electron chi connectivity index (χ2n) is 18.7. The first-order valence-corrected chi connectivity index (χ1v) is 25.5. The summed E-state index contributed by atoms with van der Waals surface area (Å²) >= 11 is 0. The number of hydrogen-bond donors (Lipinski definition) is 0. The first-order chi connectivity index (χ1) is 32.0. The molecule has 64 heavy (non-hydrogen) atoms. The minimum Gasteiger partial charge on any atom is -0.501 e. The van der Waals surface area contributed by atoms with Crippen LogP contribution in [-0.4, -0.2) is 18.0 Å². The van der Waals surface area contributed by atoms with E-state index in [2.05, 4.69) is 136 Å². The van der Waals surface area contributed by atoms with E-state index in [1.165, 1.54) is 10.8 Å². The summed E-state index contributed by atoms with van der Waals surface area (Å²) in [5, 5.41) is 3.45. The maximum absolute atomic E-state index is 9.12. The first-order valence-electron chi connectivity index (χ1n) is 24.0. The van der Waals surface area contributed by atoms with Crippen molar-refractivity contribution < 1.29 is 30.0 Å². The van der Waals surface area contributed by atoms with E-state index in [9.17, 15) is 0 Å². The molecule has 0 unspecified atom stereocenters. The van der Waals surface area contributed by atoms with Gasteiger partial charge in [-0.05, 0) is 105 Å². The van der Waals surface area contributed by atoms with Crippen LogP contribution in [0.4, 0.5) is 0 Å². The molecule has 0 bridgehead atoms. The number of nitrogens with zero attached hydrogens (tertiary/aromatic N) is 2. The number of furan rings is 1. The van der Waals surface area contributed by atoms with Crippen LogP contribution in [0.1, 0.15) is 67.6 Å². The van der Waals surface area contributed by atoms with Gasteiger partial charge in [-0.2, -0.15) is 18.6 Å². The standard InChI is InChI=1S/C37H32NO.C22H24NSi.Ir/c1-37(2)20-17-28(18-21-37)26-11-13-27(14-12-26)30-19-22-38-34(23-30)33-10-6-9-32-31-16-15-29(24-35(31)39-36(32)33)25-7-4-3-5-8-25;1-16-13-17(2)21(14-20(16)18-9-7-6-8-10-18)22-12-11-19(15-23-22)24(3,4)5;/h3-9,11-16,19,22-24,28H,17-18,20-21H2,1-2H3;6-15H,2H2,1,3-5H3;/q2*-1;/i28D;1D3;. The molecule has 5 heteroatoms. The Morgan fingerprint density at radius 2 is 1.36 bits per heavy atom. The van der Waals surface area contributed by atoms with Crippen molar-refractivity contribution in [3.8, 4) is 55.9 Å². The molecule has 1 aliphatic carbocycles. The number of benzene rings is 6. The quantitative estimate of drug-likeness (QED) is 0.118. The van der Waals surface area contributed by atoms with Crippen LogP contribution in [0.2, 0.25) is 19.6 Å². The van der Waals surface area contributed by atoms with Crippen molar-refractivity contribution in [1.82, 2.24) is 9.97 Å². The largest absolute Gasteiger partial charge is 0.501 e. The monoisotopic (exact) mass is 1030 g/mol. The van der Waals surface area contributed by atoms with E-state index in [4.69, 9.17) is 14.9 Å². The summed E-state index contributed by atoms with van der Waals surface area (Å²) in [4.78, 5) is 9.37. The molecule has 9 aromatic rings. The van der Waals surface area contributed by atoms with Gasteiger partial charge in [0.2, 0.25) is 0 Å². The van der Waals surface area contributed by atoms with Gasteiger partial charge in [-0.1, -0.05) is 166 Å². The zero-order valence-corrected chi connectivity index (χ0v) is 40.7. The van der Waals surface area contributed by atoms with E-state index in [-0.39, 0.29) is 20.1 Å². The van der Waals surface area contributed by atoms with E-state index < -0.39 is 20.8 Å². The summed E-state index contributed by atoms with van der Waals surface area (Å²) in [6.07, 6.45) is 7.84. The zero-order valence-electron chi connectivity index (χ0n) is 41.3. The van der Waals surface area contributed by atoms with Gasteiger partial charge in [0.05, 0.1) is 13.7 Å². The normalized spacial score (nSPS) is 15.5. The third kappa shape index (κ3) is 9.64. The molecule has 323 valence electrons. The molecule has 3 heterocycles. The van der Waals surface area contributed by atoms with Crippen LogP contribution in [-0.2, 0) is 20.1 Å². The van der Waals surface area contributed by atoms with E-state index in [1.807, 2.05) is 73.1 Å². The summed E-state index contributed by atoms with van der Waals surface area (Å²) < 4.78 is 39.4. The molecular weight excluding hydrogens is 973 g/mol. The number of hydrogen-bond acceptors (Lipinski definition) is 3. The van der Waals surface area contributed by atoms with Crippen molar-refractivity contribution >= 4 is 35.2 Å². The molecule has 0 atom stereocenters. The van der Waals surface area contributed by atoms with Gasteiger partial charge < -0.3 is 9.40 Å². The molecule has 1 radical (unpaired) electrons. The van der Waals surface area contributed by atoms with Gasteiger partial charge in [-0.3, -0.25) is 4.98 Å². The summed E-state index contributed by atoms with van der Waals surface area (Å²) in [5.41, 5.74) is 13.6. The predicted molar refractivity (Wildman–Crippen MR) is 269 cm³/mol. The number of aryl methyl sites for hydroxylation is 1.